The van der Waals surface area contributed by atoms with Gasteiger partial charge in [-0.15, -0.1) is 5.10 Å². The Labute approximate surface area is 172 Å². The second kappa shape index (κ2) is 10.2. The van der Waals surface area contributed by atoms with Crippen molar-refractivity contribution in [1.29, 1.82) is 0 Å². The molecule has 3 rings (SSSR count). The molecule has 10 heteroatoms. The summed E-state index contributed by atoms with van der Waals surface area (Å²) in [4.78, 5) is 20.4. The van der Waals surface area contributed by atoms with E-state index in [0.29, 0.717) is 17.6 Å². The molecule has 0 bridgehead atoms. The lowest BCUT2D eigenvalue weighted by molar-refractivity contribution is -0.118. The number of hydrogen-bond acceptors (Lipinski definition) is 8. The van der Waals surface area contributed by atoms with E-state index >= 15 is 0 Å². The second-order valence-electron chi connectivity index (χ2n) is 5.89. The van der Waals surface area contributed by atoms with E-state index in [1.807, 2.05) is 43.3 Å². The van der Waals surface area contributed by atoms with E-state index in [2.05, 4.69) is 36.0 Å². The minimum atomic E-state index is -0.120. The molecule has 150 valence electrons. The highest BCUT2D eigenvalue weighted by Gasteiger charge is 2.09. The van der Waals surface area contributed by atoms with Crippen molar-refractivity contribution in [3.63, 3.8) is 0 Å². The first-order valence-electron chi connectivity index (χ1n) is 8.80. The fraction of sp³-hybridized carbons (Fsp3) is 0.211. The van der Waals surface area contributed by atoms with Crippen LogP contribution in [0.2, 0.25) is 0 Å². The average Bonchev–Trinajstić information content (AvgIpc) is 3.23. The SMILES string of the molecule is COc1ccccc1CNC(=O)CSc1n[nH]c(N/N=C(\C)c2cccnc2)n1. The van der Waals surface area contributed by atoms with Gasteiger partial charge in [-0.3, -0.25) is 9.78 Å². The maximum Gasteiger partial charge on any atom is 0.240 e. The Bertz CT molecular complexity index is 975. The molecule has 29 heavy (non-hydrogen) atoms. The van der Waals surface area contributed by atoms with E-state index in [4.69, 9.17) is 4.74 Å². The van der Waals surface area contributed by atoms with Gasteiger partial charge in [-0.1, -0.05) is 36.0 Å². The quantitative estimate of drug-likeness (QED) is 0.281. The second-order valence-corrected chi connectivity index (χ2v) is 6.84. The number of benzene rings is 1. The van der Waals surface area contributed by atoms with E-state index in [0.717, 1.165) is 22.6 Å². The number of methoxy groups -OCH3 is 1. The third kappa shape index (κ3) is 6.04. The fourth-order valence-electron chi connectivity index (χ4n) is 2.36. The zero-order chi connectivity index (χ0) is 20.5. The van der Waals surface area contributed by atoms with Crippen molar-refractivity contribution in [2.45, 2.75) is 18.6 Å². The molecule has 0 radical (unpaired) electrons. The Kier molecular flexibility index (Phi) is 7.17. The number of amides is 1. The van der Waals surface area contributed by atoms with Gasteiger partial charge in [0.1, 0.15) is 5.75 Å². The highest BCUT2D eigenvalue weighted by Crippen LogP contribution is 2.17. The minimum absolute atomic E-state index is 0.120. The molecule has 2 aromatic heterocycles. The number of aromatic nitrogens is 4. The molecule has 0 unspecified atom stereocenters. The van der Waals surface area contributed by atoms with Crippen molar-refractivity contribution in [2.75, 3.05) is 18.3 Å². The lowest BCUT2D eigenvalue weighted by Crippen LogP contribution is -2.24. The first kappa shape index (κ1) is 20.3. The summed E-state index contributed by atoms with van der Waals surface area (Å²) in [5, 5.41) is 14.4. The van der Waals surface area contributed by atoms with Gasteiger partial charge in [0.15, 0.2) is 0 Å². The van der Waals surface area contributed by atoms with Gasteiger partial charge in [-0.05, 0) is 19.1 Å². The van der Waals surface area contributed by atoms with Crippen LogP contribution in [-0.2, 0) is 11.3 Å². The molecule has 0 atom stereocenters. The summed E-state index contributed by atoms with van der Waals surface area (Å²) in [6, 6.07) is 11.3. The molecule has 3 N–H and O–H groups in total. The molecular formula is C19H21N7O2S. The zero-order valence-corrected chi connectivity index (χ0v) is 16.9. The van der Waals surface area contributed by atoms with Gasteiger partial charge in [-0.25, -0.2) is 10.5 Å². The minimum Gasteiger partial charge on any atom is -0.496 e. The number of nitrogens with one attached hydrogen (secondary N) is 3. The first-order valence-corrected chi connectivity index (χ1v) is 9.78. The molecule has 1 aromatic carbocycles. The molecule has 0 spiro atoms. The molecular weight excluding hydrogens is 390 g/mol. The summed E-state index contributed by atoms with van der Waals surface area (Å²) in [6.07, 6.45) is 3.43. The summed E-state index contributed by atoms with van der Waals surface area (Å²) in [6.45, 7) is 2.26. The van der Waals surface area contributed by atoms with Crippen LogP contribution in [0.1, 0.15) is 18.1 Å². The van der Waals surface area contributed by atoms with Crippen LogP contribution in [-0.4, -0.2) is 44.6 Å². The number of H-pyrrole nitrogens is 1. The number of thioether (sulfide) groups is 1. The van der Waals surface area contributed by atoms with Crippen LogP contribution in [0.15, 0.2) is 59.0 Å². The highest BCUT2D eigenvalue weighted by atomic mass is 32.2. The smallest absolute Gasteiger partial charge is 0.240 e. The molecule has 9 nitrogen and oxygen atoms in total. The van der Waals surface area contributed by atoms with Crippen LogP contribution in [0.25, 0.3) is 0 Å². The predicted molar refractivity (Wildman–Crippen MR) is 112 cm³/mol. The average molecular weight is 411 g/mol. The number of hydrogen-bond donors (Lipinski definition) is 3. The molecule has 0 aliphatic rings. The van der Waals surface area contributed by atoms with Crippen LogP contribution in [0.4, 0.5) is 5.95 Å². The lowest BCUT2D eigenvalue weighted by atomic mass is 10.2. The fourth-order valence-corrected chi connectivity index (χ4v) is 2.99. The standard InChI is InChI=1S/C19H21N7O2S/c1-13(14-7-5-9-20-10-14)23-24-18-22-19(26-25-18)29-12-17(27)21-11-15-6-3-4-8-16(15)28-2/h3-10H,11-12H2,1-2H3,(H,21,27)(H2,22,24,25,26)/b23-13+. The number of pyridine rings is 1. The maximum atomic E-state index is 12.1. The molecule has 0 aliphatic carbocycles. The van der Waals surface area contributed by atoms with Crippen LogP contribution < -0.4 is 15.5 Å². The maximum absolute atomic E-state index is 12.1. The summed E-state index contributed by atoms with van der Waals surface area (Å²) in [5.41, 5.74) is 5.40. The topological polar surface area (TPSA) is 117 Å². The van der Waals surface area contributed by atoms with Crippen molar-refractivity contribution < 1.29 is 9.53 Å². The summed E-state index contributed by atoms with van der Waals surface area (Å²) in [5.74, 6) is 1.22. The van der Waals surface area contributed by atoms with Gasteiger partial charge >= 0.3 is 0 Å². The van der Waals surface area contributed by atoms with E-state index < -0.39 is 0 Å². The largest absolute Gasteiger partial charge is 0.496 e. The van der Waals surface area contributed by atoms with Crippen molar-refractivity contribution in [1.82, 2.24) is 25.5 Å². The Morgan fingerprint density at radius 2 is 2.14 bits per heavy atom. The lowest BCUT2D eigenvalue weighted by Gasteiger charge is -2.08. The van der Waals surface area contributed by atoms with E-state index in [1.165, 1.54) is 11.8 Å². The molecule has 3 aromatic rings. The van der Waals surface area contributed by atoms with Gasteiger partial charge < -0.3 is 10.1 Å². The van der Waals surface area contributed by atoms with Gasteiger partial charge in [0.2, 0.25) is 17.0 Å². The third-order valence-corrected chi connectivity index (χ3v) is 4.72. The third-order valence-electron chi connectivity index (χ3n) is 3.87. The van der Waals surface area contributed by atoms with Gasteiger partial charge in [0.25, 0.3) is 0 Å². The summed E-state index contributed by atoms with van der Waals surface area (Å²) in [7, 11) is 1.60. The predicted octanol–water partition coefficient (Wildman–Crippen LogP) is 2.45. The van der Waals surface area contributed by atoms with Crippen molar-refractivity contribution >= 4 is 29.3 Å². The van der Waals surface area contributed by atoms with E-state index in [-0.39, 0.29) is 11.7 Å². The number of anilines is 1. The Hall–Kier alpha value is -3.40. The molecule has 2 heterocycles. The van der Waals surface area contributed by atoms with Crippen LogP contribution in [0, 0.1) is 0 Å². The van der Waals surface area contributed by atoms with Crippen molar-refractivity contribution in [3.05, 3.63) is 59.9 Å². The van der Waals surface area contributed by atoms with Gasteiger partial charge in [0.05, 0.1) is 18.6 Å². The van der Waals surface area contributed by atoms with E-state index in [9.17, 15) is 4.79 Å². The van der Waals surface area contributed by atoms with Crippen LogP contribution in [0.3, 0.4) is 0 Å². The zero-order valence-electron chi connectivity index (χ0n) is 16.0. The molecule has 0 saturated carbocycles. The highest BCUT2D eigenvalue weighted by molar-refractivity contribution is 7.99. The molecule has 0 saturated heterocycles. The number of rotatable bonds is 9. The Balaban J connectivity index is 1.46. The number of hydrazone groups is 1. The van der Waals surface area contributed by atoms with Crippen LogP contribution >= 0.6 is 11.8 Å². The van der Waals surface area contributed by atoms with Crippen LogP contribution in [0.5, 0.6) is 5.75 Å². The molecule has 1 amide bonds. The Morgan fingerprint density at radius 1 is 1.28 bits per heavy atom. The van der Waals surface area contributed by atoms with Crippen molar-refractivity contribution in [2.24, 2.45) is 5.10 Å². The summed E-state index contributed by atoms with van der Waals surface area (Å²) >= 11 is 1.23. The van der Waals surface area contributed by atoms with E-state index in [1.54, 1.807) is 19.5 Å². The molecule has 0 fully saturated rings. The van der Waals surface area contributed by atoms with Gasteiger partial charge in [-0.2, -0.15) is 10.1 Å². The number of carbonyl (C=O) groups excluding carboxylic acids is 1. The monoisotopic (exact) mass is 411 g/mol. The molecule has 0 aliphatic heterocycles. The van der Waals surface area contributed by atoms with Crippen molar-refractivity contribution in [3.8, 4) is 5.75 Å². The number of carbonyl (C=O) groups is 1. The number of aromatic amines is 1. The summed E-state index contributed by atoms with van der Waals surface area (Å²) < 4.78 is 5.28. The Morgan fingerprint density at radius 3 is 2.93 bits per heavy atom. The van der Waals surface area contributed by atoms with Gasteiger partial charge in [0, 0.05) is 30.1 Å². The first-order chi connectivity index (χ1) is 14.2. The normalized spacial score (nSPS) is 11.2. The number of ether oxygens (including phenoxy) is 1. The number of para-hydroxylation sites is 1. The number of nitrogens with zero attached hydrogens (tertiary/aromatic N) is 4.